The van der Waals surface area contributed by atoms with Crippen LogP contribution >= 0.6 is 11.6 Å². The molecule has 4 rings (SSSR count). The van der Waals surface area contributed by atoms with Gasteiger partial charge in [-0.15, -0.1) is 0 Å². The number of pyridine rings is 1. The van der Waals surface area contributed by atoms with Crippen molar-refractivity contribution in [2.45, 2.75) is 45.3 Å². The van der Waals surface area contributed by atoms with E-state index in [0.717, 1.165) is 25.2 Å². The van der Waals surface area contributed by atoms with Crippen LogP contribution in [0.15, 0.2) is 18.6 Å². The van der Waals surface area contributed by atoms with E-state index in [9.17, 15) is 17.6 Å². The number of hydrogen-bond donors (Lipinski definition) is 2. The van der Waals surface area contributed by atoms with Gasteiger partial charge in [0.2, 0.25) is 0 Å². The Bertz CT molecular complexity index is 936. The Balaban J connectivity index is 1.60. The van der Waals surface area contributed by atoms with Crippen LogP contribution in [0.2, 0.25) is 5.02 Å². The highest BCUT2D eigenvalue weighted by molar-refractivity contribution is 6.31. The lowest BCUT2D eigenvalue weighted by atomic mass is 9.96. The van der Waals surface area contributed by atoms with Crippen molar-refractivity contribution < 1.29 is 17.6 Å². The second kappa shape index (κ2) is 7.21. The van der Waals surface area contributed by atoms with Gasteiger partial charge in [-0.1, -0.05) is 25.4 Å². The highest BCUT2D eigenvalue weighted by Gasteiger charge is 2.62. The molecule has 3 atom stereocenters. The van der Waals surface area contributed by atoms with Gasteiger partial charge in [0.15, 0.2) is 5.69 Å². The summed E-state index contributed by atoms with van der Waals surface area (Å²) < 4.78 is 54.2. The fourth-order valence-corrected chi connectivity index (χ4v) is 5.19. The van der Waals surface area contributed by atoms with Gasteiger partial charge in [0, 0.05) is 24.3 Å². The zero-order valence-corrected chi connectivity index (χ0v) is 17.3. The van der Waals surface area contributed by atoms with E-state index in [2.05, 4.69) is 23.9 Å². The zero-order valence-electron chi connectivity index (χ0n) is 16.5. The van der Waals surface area contributed by atoms with E-state index in [1.165, 1.54) is 6.20 Å². The van der Waals surface area contributed by atoms with Crippen molar-refractivity contribution in [3.8, 4) is 0 Å². The molecule has 0 aromatic carbocycles. The van der Waals surface area contributed by atoms with Crippen LogP contribution < -0.4 is 0 Å². The molecule has 0 bridgehead atoms. The molecule has 162 valence electrons. The third-order valence-electron chi connectivity index (χ3n) is 6.80. The Morgan fingerprint density at radius 2 is 1.93 bits per heavy atom. The fraction of sp³-hybridized carbons (Fsp3) is 0.550. The predicted octanol–water partition coefficient (Wildman–Crippen LogP) is 4.92. The van der Waals surface area contributed by atoms with Gasteiger partial charge >= 0.3 is 6.18 Å². The summed E-state index contributed by atoms with van der Waals surface area (Å²) in [5, 5.41) is 14.2. The second-order valence-corrected chi connectivity index (χ2v) is 9.10. The molecule has 0 saturated heterocycles. The van der Waals surface area contributed by atoms with Crippen LogP contribution in [0.1, 0.15) is 43.5 Å². The topological polar surface area (TPSA) is 68.7 Å². The molecule has 2 fully saturated rings. The minimum atomic E-state index is -4.65. The molecule has 5 nitrogen and oxygen atoms in total. The van der Waals surface area contributed by atoms with Gasteiger partial charge in [-0.3, -0.25) is 15.5 Å². The van der Waals surface area contributed by atoms with E-state index >= 15 is 0 Å². The molecular formula is C20H22ClF4N5. The first-order valence-corrected chi connectivity index (χ1v) is 10.1. The number of halogens is 5. The van der Waals surface area contributed by atoms with E-state index in [4.69, 9.17) is 17.0 Å². The van der Waals surface area contributed by atoms with E-state index in [1.807, 2.05) is 5.10 Å². The predicted molar refractivity (Wildman–Crippen MR) is 104 cm³/mol. The quantitative estimate of drug-likeness (QED) is 0.391. The number of rotatable bonds is 5. The number of nitrogens with one attached hydrogen (secondary N) is 2. The molecule has 10 heteroatoms. The van der Waals surface area contributed by atoms with Crippen molar-refractivity contribution >= 4 is 17.4 Å². The maximum Gasteiger partial charge on any atom is 0.433 e. The van der Waals surface area contributed by atoms with Crippen LogP contribution in [-0.4, -0.2) is 38.5 Å². The largest absolute Gasteiger partial charge is 0.433 e. The van der Waals surface area contributed by atoms with Crippen molar-refractivity contribution in [1.82, 2.24) is 20.1 Å². The Kier molecular flexibility index (Phi) is 5.07. The molecule has 2 aliphatic carbocycles. The molecule has 2 heterocycles. The number of hydrogen-bond acceptors (Lipinski definition) is 3. The molecule has 0 amide bonds. The SMILES string of the molecule is CC1(C)[C@@H]2C[C@H](N(CCc3c(F)cncc3Cl)C(=N)c3cn[nH]c3C(F)(F)F)C[C@@H]21. The van der Waals surface area contributed by atoms with Gasteiger partial charge in [0.05, 0.1) is 23.0 Å². The number of H-pyrrole nitrogens is 1. The summed E-state index contributed by atoms with van der Waals surface area (Å²) in [5.41, 5.74) is -0.869. The van der Waals surface area contributed by atoms with Crippen LogP contribution in [0.3, 0.4) is 0 Å². The molecule has 2 saturated carbocycles. The zero-order chi connectivity index (χ0) is 21.8. The van der Waals surface area contributed by atoms with Crippen LogP contribution in [0.4, 0.5) is 17.6 Å². The first-order valence-electron chi connectivity index (χ1n) is 9.75. The van der Waals surface area contributed by atoms with Gasteiger partial charge in [-0.2, -0.15) is 18.3 Å². The third kappa shape index (κ3) is 3.57. The molecule has 2 aromatic rings. The Morgan fingerprint density at radius 3 is 2.53 bits per heavy atom. The van der Waals surface area contributed by atoms with Crippen LogP contribution in [0, 0.1) is 28.5 Å². The minimum absolute atomic E-state index is 0.0832. The highest BCUT2D eigenvalue weighted by atomic mass is 35.5. The third-order valence-corrected chi connectivity index (χ3v) is 7.13. The smallest absolute Gasteiger partial charge is 0.353 e. The number of alkyl halides is 3. The van der Waals surface area contributed by atoms with Crippen LogP contribution in [-0.2, 0) is 12.6 Å². The number of fused-ring (bicyclic) bond motifs is 1. The van der Waals surface area contributed by atoms with Gasteiger partial charge < -0.3 is 4.90 Å². The standard InChI is InChI=1S/C20H22ClF4N5/c1-19(2)13-5-10(6-14(13)19)30(4-3-11-15(21)8-27-9-16(11)22)18(26)12-7-28-29-17(12)20(23,24)25/h7-10,13-14,26H,3-6H2,1-2H3,(H,28,29)/t10-,13+,14-. The monoisotopic (exact) mass is 443 g/mol. The molecule has 0 spiro atoms. The summed E-state index contributed by atoms with van der Waals surface area (Å²) in [5.74, 6) is 0.158. The average molecular weight is 444 g/mol. The number of amidine groups is 1. The van der Waals surface area contributed by atoms with Crippen molar-refractivity contribution in [2.75, 3.05) is 6.54 Å². The van der Waals surface area contributed by atoms with E-state index < -0.39 is 17.7 Å². The average Bonchev–Trinajstić information content (AvgIpc) is 3.13. The van der Waals surface area contributed by atoms with Crippen molar-refractivity contribution in [3.05, 3.63) is 46.3 Å². The van der Waals surface area contributed by atoms with Crippen LogP contribution in [0.25, 0.3) is 0 Å². The summed E-state index contributed by atoms with van der Waals surface area (Å²) in [6, 6.07) is -0.0832. The first kappa shape index (κ1) is 21.1. The molecule has 30 heavy (non-hydrogen) atoms. The van der Waals surface area contributed by atoms with Crippen molar-refractivity contribution in [3.63, 3.8) is 0 Å². The Hall–Kier alpha value is -2.16. The maximum atomic E-state index is 14.2. The van der Waals surface area contributed by atoms with Crippen molar-refractivity contribution in [2.24, 2.45) is 17.3 Å². The highest BCUT2D eigenvalue weighted by Crippen LogP contribution is 2.67. The summed E-state index contributed by atoms with van der Waals surface area (Å²) in [6.07, 6.45) is 0.520. The summed E-state index contributed by atoms with van der Waals surface area (Å²) in [7, 11) is 0. The molecule has 0 aliphatic heterocycles. The Labute approximate surface area is 176 Å². The van der Waals surface area contributed by atoms with E-state index in [-0.39, 0.29) is 46.4 Å². The number of nitrogens with zero attached hydrogens (tertiary/aromatic N) is 3. The van der Waals surface area contributed by atoms with E-state index in [1.54, 1.807) is 4.90 Å². The summed E-state index contributed by atoms with van der Waals surface area (Å²) >= 11 is 6.07. The fourth-order valence-electron chi connectivity index (χ4n) is 4.95. The molecule has 2 N–H and O–H groups in total. The number of aromatic nitrogens is 3. The maximum absolute atomic E-state index is 14.2. The lowest BCUT2D eigenvalue weighted by Gasteiger charge is -2.34. The molecule has 2 aliphatic rings. The molecule has 0 unspecified atom stereocenters. The van der Waals surface area contributed by atoms with Crippen molar-refractivity contribution in [1.29, 1.82) is 5.41 Å². The van der Waals surface area contributed by atoms with Gasteiger partial charge in [-0.05, 0) is 36.5 Å². The number of aromatic amines is 1. The van der Waals surface area contributed by atoms with Gasteiger partial charge in [0.25, 0.3) is 0 Å². The van der Waals surface area contributed by atoms with Gasteiger partial charge in [-0.25, -0.2) is 4.39 Å². The summed E-state index contributed by atoms with van der Waals surface area (Å²) in [6.45, 7) is 4.56. The Morgan fingerprint density at radius 1 is 1.27 bits per heavy atom. The lowest BCUT2D eigenvalue weighted by Crippen LogP contribution is -2.42. The minimum Gasteiger partial charge on any atom is -0.353 e. The van der Waals surface area contributed by atoms with E-state index in [0.29, 0.717) is 11.8 Å². The normalized spacial score (nSPS) is 24.6. The molecular weight excluding hydrogens is 422 g/mol. The second-order valence-electron chi connectivity index (χ2n) is 8.69. The molecule has 2 aromatic heterocycles. The molecule has 0 radical (unpaired) electrons. The summed E-state index contributed by atoms with van der Waals surface area (Å²) in [4.78, 5) is 5.35. The van der Waals surface area contributed by atoms with Crippen LogP contribution in [0.5, 0.6) is 0 Å². The first-order chi connectivity index (χ1) is 14.0. The lowest BCUT2D eigenvalue weighted by molar-refractivity contribution is -0.141. The van der Waals surface area contributed by atoms with Gasteiger partial charge in [0.1, 0.15) is 11.7 Å².